The average Bonchev–Trinajstić information content (AvgIpc) is 2.56. The van der Waals surface area contributed by atoms with Crippen LogP contribution in [-0.4, -0.2) is 18.1 Å². The van der Waals surface area contributed by atoms with Gasteiger partial charge in [-0.3, -0.25) is 4.79 Å². The maximum Gasteiger partial charge on any atom is 0.222 e. The second-order valence-corrected chi connectivity index (χ2v) is 3.90. The summed E-state index contributed by atoms with van der Waals surface area (Å²) in [6.45, 7) is 2.55. The Kier molecular flexibility index (Phi) is 3.02. The SMILES string of the molecule is C[C@@H]1NC(=O)C[C@H]1OCc1ccccc1. The number of carbonyl (C=O) groups is 1. The molecular formula is C12H15NO2. The van der Waals surface area contributed by atoms with Crippen molar-refractivity contribution in [2.75, 3.05) is 0 Å². The summed E-state index contributed by atoms with van der Waals surface area (Å²) >= 11 is 0. The van der Waals surface area contributed by atoms with Crippen molar-refractivity contribution in [1.29, 1.82) is 0 Å². The van der Waals surface area contributed by atoms with E-state index in [-0.39, 0.29) is 18.1 Å². The van der Waals surface area contributed by atoms with Crippen LogP contribution >= 0.6 is 0 Å². The first-order valence-corrected chi connectivity index (χ1v) is 5.20. The van der Waals surface area contributed by atoms with Gasteiger partial charge in [0, 0.05) is 0 Å². The molecule has 2 atom stereocenters. The Morgan fingerprint density at radius 1 is 1.40 bits per heavy atom. The fourth-order valence-electron chi connectivity index (χ4n) is 1.75. The lowest BCUT2D eigenvalue weighted by Gasteiger charge is -2.15. The molecular weight excluding hydrogens is 190 g/mol. The zero-order valence-corrected chi connectivity index (χ0v) is 8.77. The quantitative estimate of drug-likeness (QED) is 0.811. The predicted octanol–water partition coefficient (Wildman–Crippen LogP) is 1.48. The van der Waals surface area contributed by atoms with Crippen molar-refractivity contribution >= 4 is 5.91 Å². The van der Waals surface area contributed by atoms with Gasteiger partial charge in [-0.25, -0.2) is 0 Å². The van der Waals surface area contributed by atoms with E-state index in [1.807, 2.05) is 37.3 Å². The molecule has 1 fully saturated rings. The third-order valence-corrected chi connectivity index (χ3v) is 2.64. The van der Waals surface area contributed by atoms with Crippen LogP contribution in [-0.2, 0) is 16.1 Å². The van der Waals surface area contributed by atoms with Crippen molar-refractivity contribution in [1.82, 2.24) is 5.32 Å². The van der Waals surface area contributed by atoms with Crippen molar-refractivity contribution in [3.8, 4) is 0 Å². The monoisotopic (exact) mass is 205 g/mol. The van der Waals surface area contributed by atoms with Crippen LogP contribution in [0.3, 0.4) is 0 Å². The smallest absolute Gasteiger partial charge is 0.222 e. The third kappa shape index (κ3) is 2.57. The Morgan fingerprint density at radius 3 is 2.73 bits per heavy atom. The van der Waals surface area contributed by atoms with Gasteiger partial charge < -0.3 is 10.1 Å². The van der Waals surface area contributed by atoms with E-state index in [9.17, 15) is 4.79 Å². The van der Waals surface area contributed by atoms with E-state index < -0.39 is 0 Å². The molecule has 2 rings (SSSR count). The molecule has 1 aromatic rings. The Morgan fingerprint density at radius 2 is 2.13 bits per heavy atom. The standard InChI is InChI=1S/C12H15NO2/c1-9-11(7-12(14)13-9)15-8-10-5-3-2-4-6-10/h2-6,9,11H,7-8H2,1H3,(H,13,14)/t9-,11+/m0/s1. The summed E-state index contributed by atoms with van der Waals surface area (Å²) in [5.41, 5.74) is 1.14. The molecule has 0 aromatic heterocycles. The molecule has 0 unspecified atom stereocenters. The van der Waals surface area contributed by atoms with Crippen molar-refractivity contribution in [2.45, 2.75) is 32.1 Å². The summed E-state index contributed by atoms with van der Waals surface area (Å²) in [6, 6.07) is 10.1. The van der Waals surface area contributed by atoms with Crippen LogP contribution in [0.2, 0.25) is 0 Å². The number of hydrogen-bond acceptors (Lipinski definition) is 2. The number of rotatable bonds is 3. The molecule has 3 nitrogen and oxygen atoms in total. The average molecular weight is 205 g/mol. The van der Waals surface area contributed by atoms with Gasteiger partial charge >= 0.3 is 0 Å². The number of hydrogen-bond donors (Lipinski definition) is 1. The fourth-order valence-corrected chi connectivity index (χ4v) is 1.75. The largest absolute Gasteiger partial charge is 0.371 e. The summed E-state index contributed by atoms with van der Waals surface area (Å²) in [4.78, 5) is 11.1. The molecule has 80 valence electrons. The molecule has 0 bridgehead atoms. The molecule has 1 heterocycles. The van der Waals surface area contributed by atoms with Crippen molar-refractivity contribution in [2.24, 2.45) is 0 Å². The highest BCUT2D eigenvalue weighted by Gasteiger charge is 2.29. The van der Waals surface area contributed by atoms with Gasteiger partial charge in [0.05, 0.1) is 25.2 Å². The maximum absolute atomic E-state index is 11.1. The van der Waals surface area contributed by atoms with E-state index >= 15 is 0 Å². The molecule has 1 aliphatic heterocycles. The minimum Gasteiger partial charge on any atom is -0.371 e. The van der Waals surface area contributed by atoms with Gasteiger partial charge in [0.25, 0.3) is 0 Å². The Balaban J connectivity index is 1.86. The summed E-state index contributed by atoms with van der Waals surface area (Å²) in [5.74, 6) is 0.0839. The van der Waals surface area contributed by atoms with Gasteiger partial charge in [-0.1, -0.05) is 30.3 Å². The summed E-state index contributed by atoms with van der Waals surface area (Å²) in [7, 11) is 0. The van der Waals surface area contributed by atoms with E-state index in [1.165, 1.54) is 0 Å². The normalized spacial score (nSPS) is 25.3. The van der Waals surface area contributed by atoms with E-state index in [0.29, 0.717) is 13.0 Å². The summed E-state index contributed by atoms with van der Waals surface area (Å²) < 4.78 is 5.69. The lowest BCUT2D eigenvalue weighted by Crippen LogP contribution is -2.29. The molecule has 0 saturated carbocycles. The van der Waals surface area contributed by atoms with Crippen molar-refractivity contribution < 1.29 is 9.53 Å². The summed E-state index contributed by atoms with van der Waals surface area (Å²) in [6.07, 6.45) is 0.492. The van der Waals surface area contributed by atoms with Crippen LogP contribution < -0.4 is 5.32 Å². The van der Waals surface area contributed by atoms with Crippen LogP contribution in [0, 0.1) is 0 Å². The molecule has 1 aromatic carbocycles. The van der Waals surface area contributed by atoms with Gasteiger partial charge in [-0.15, -0.1) is 0 Å². The Hall–Kier alpha value is -1.35. The fraction of sp³-hybridized carbons (Fsp3) is 0.417. The van der Waals surface area contributed by atoms with E-state index in [0.717, 1.165) is 5.56 Å². The molecule has 15 heavy (non-hydrogen) atoms. The van der Waals surface area contributed by atoms with Crippen LogP contribution in [0.15, 0.2) is 30.3 Å². The second-order valence-electron chi connectivity index (χ2n) is 3.90. The van der Waals surface area contributed by atoms with Gasteiger partial charge in [-0.05, 0) is 12.5 Å². The number of benzene rings is 1. The second kappa shape index (κ2) is 4.45. The molecule has 1 saturated heterocycles. The molecule has 0 aliphatic carbocycles. The van der Waals surface area contributed by atoms with Gasteiger partial charge in [-0.2, -0.15) is 0 Å². The van der Waals surface area contributed by atoms with Crippen molar-refractivity contribution in [3.05, 3.63) is 35.9 Å². The molecule has 1 amide bonds. The topological polar surface area (TPSA) is 38.3 Å². The highest BCUT2D eigenvalue weighted by atomic mass is 16.5. The summed E-state index contributed by atoms with van der Waals surface area (Å²) in [5, 5.41) is 2.84. The number of amides is 1. The first-order chi connectivity index (χ1) is 7.25. The number of ether oxygens (including phenoxy) is 1. The molecule has 1 N–H and O–H groups in total. The number of carbonyl (C=O) groups excluding carboxylic acids is 1. The zero-order chi connectivity index (χ0) is 10.7. The number of nitrogens with one attached hydrogen (secondary N) is 1. The molecule has 3 heteroatoms. The van der Waals surface area contributed by atoms with E-state index in [1.54, 1.807) is 0 Å². The Labute approximate surface area is 89.4 Å². The first kappa shape index (κ1) is 10.2. The molecule has 1 aliphatic rings. The van der Waals surface area contributed by atoms with Gasteiger partial charge in [0.15, 0.2) is 0 Å². The lowest BCUT2D eigenvalue weighted by molar-refractivity contribution is -0.119. The van der Waals surface area contributed by atoms with E-state index in [2.05, 4.69) is 5.32 Å². The van der Waals surface area contributed by atoms with Gasteiger partial charge in [0.2, 0.25) is 5.91 Å². The minimum atomic E-state index is 0.0118. The highest BCUT2D eigenvalue weighted by Crippen LogP contribution is 2.14. The van der Waals surface area contributed by atoms with Crippen LogP contribution in [0.5, 0.6) is 0 Å². The van der Waals surface area contributed by atoms with Crippen LogP contribution in [0.4, 0.5) is 0 Å². The van der Waals surface area contributed by atoms with Crippen LogP contribution in [0.25, 0.3) is 0 Å². The lowest BCUT2D eigenvalue weighted by atomic mass is 10.2. The Bertz CT molecular complexity index is 337. The molecule has 0 spiro atoms. The highest BCUT2D eigenvalue weighted by molar-refractivity contribution is 5.79. The molecule has 0 radical (unpaired) electrons. The minimum absolute atomic E-state index is 0.0118. The third-order valence-electron chi connectivity index (χ3n) is 2.64. The zero-order valence-electron chi connectivity index (χ0n) is 8.77. The van der Waals surface area contributed by atoms with Gasteiger partial charge in [0.1, 0.15) is 0 Å². The van der Waals surface area contributed by atoms with Crippen molar-refractivity contribution in [3.63, 3.8) is 0 Å². The predicted molar refractivity (Wildman–Crippen MR) is 57.2 cm³/mol. The maximum atomic E-state index is 11.1. The van der Waals surface area contributed by atoms with Crippen LogP contribution in [0.1, 0.15) is 18.9 Å². The first-order valence-electron chi connectivity index (χ1n) is 5.20. The van der Waals surface area contributed by atoms with E-state index in [4.69, 9.17) is 4.74 Å².